The van der Waals surface area contributed by atoms with Gasteiger partial charge in [0.15, 0.2) is 0 Å². The number of piperidine rings is 1. The van der Waals surface area contributed by atoms with Gasteiger partial charge in [0, 0.05) is 11.8 Å². The fourth-order valence-electron chi connectivity index (χ4n) is 3.12. The largest absolute Gasteiger partial charge is 0.355 e. The highest BCUT2D eigenvalue weighted by Crippen LogP contribution is 2.28. The molecule has 1 saturated carbocycles. The van der Waals surface area contributed by atoms with Crippen LogP contribution in [0.25, 0.3) is 0 Å². The molecule has 2 fully saturated rings. The summed E-state index contributed by atoms with van der Waals surface area (Å²) in [5.41, 5.74) is 0. The van der Waals surface area contributed by atoms with Gasteiger partial charge in [0.2, 0.25) is 5.91 Å². The molecule has 0 spiro atoms. The van der Waals surface area contributed by atoms with Crippen LogP contribution < -0.4 is 10.6 Å². The molecular formula is C15H28N2OS. The minimum Gasteiger partial charge on any atom is -0.355 e. The number of hydrogen-bond donors (Lipinski definition) is 2. The Kier molecular flexibility index (Phi) is 7.07. The van der Waals surface area contributed by atoms with Crippen molar-refractivity contribution in [3.05, 3.63) is 0 Å². The lowest BCUT2D eigenvalue weighted by Gasteiger charge is -2.21. The SMILES string of the molecule is O=C(CSC1CCNCC1)NCCCC1CCCC1. The molecule has 0 bridgehead atoms. The quantitative estimate of drug-likeness (QED) is 0.706. The summed E-state index contributed by atoms with van der Waals surface area (Å²) in [5, 5.41) is 7.11. The van der Waals surface area contributed by atoms with Crippen molar-refractivity contribution in [2.24, 2.45) is 5.92 Å². The van der Waals surface area contributed by atoms with Gasteiger partial charge in [0.25, 0.3) is 0 Å². The molecule has 1 saturated heterocycles. The van der Waals surface area contributed by atoms with E-state index in [9.17, 15) is 4.79 Å². The third-order valence-corrected chi connectivity index (χ3v) is 5.69. The van der Waals surface area contributed by atoms with Crippen LogP contribution in [0.2, 0.25) is 0 Å². The Morgan fingerprint density at radius 2 is 1.89 bits per heavy atom. The molecule has 110 valence electrons. The first kappa shape index (κ1) is 15.2. The normalized spacial score (nSPS) is 21.7. The maximum absolute atomic E-state index is 11.7. The van der Waals surface area contributed by atoms with Gasteiger partial charge in [-0.2, -0.15) is 0 Å². The molecule has 0 aromatic rings. The van der Waals surface area contributed by atoms with Crippen molar-refractivity contribution in [3.63, 3.8) is 0 Å². The van der Waals surface area contributed by atoms with Crippen LogP contribution in [0.15, 0.2) is 0 Å². The standard InChI is InChI=1S/C15H28N2OS/c18-15(12-19-14-7-10-16-11-8-14)17-9-3-6-13-4-1-2-5-13/h13-14,16H,1-12H2,(H,17,18). The molecule has 2 N–H and O–H groups in total. The lowest BCUT2D eigenvalue weighted by Crippen LogP contribution is -2.31. The second-order valence-electron chi connectivity index (χ2n) is 5.90. The fourth-order valence-corrected chi connectivity index (χ4v) is 4.18. The van der Waals surface area contributed by atoms with Crippen molar-refractivity contribution in [2.45, 2.75) is 56.6 Å². The molecule has 2 aliphatic rings. The fraction of sp³-hybridized carbons (Fsp3) is 0.933. The number of thioether (sulfide) groups is 1. The smallest absolute Gasteiger partial charge is 0.230 e. The number of rotatable bonds is 7. The van der Waals surface area contributed by atoms with Crippen LogP contribution in [0, 0.1) is 5.92 Å². The van der Waals surface area contributed by atoms with Gasteiger partial charge in [-0.1, -0.05) is 25.7 Å². The molecule has 3 nitrogen and oxygen atoms in total. The first-order valence-electron chi connectivity index (χ1n) is 7.93. The summed E-state index contributed by atoms with van der Waals surface area (Å²) >= 11 is 1.84. The summed E-state index contributed by atoms with van der Waals surface area (Å²) in [6, 6.07) is 0. The van der Waals surface area contributed by atoms with Crippen LogP contribution >= 0.6 is 11.8 Å². The predicted molar refractivity (Wildman–Crippen MR) is 82.6 cm³/mol. The highest BCUT2D eigenvalue weighted by molar-refractivity contribution is 8.00. The molecule has 1 aliphatic heterocycles. The Morgan fingerprint density at radius 1 is 1.16 bits per heavy atom. The summed E-state index contributed by atoms with van der Waals surface area (Å²) < 4.78 is 0. The number of carbonyl (C=O) groups excluding carboxylic acids is 1. The maximum Gasteiger partial charge on any atom is 0.230 e. The Bertz CT molecular complexity index is 261. The molecule has 1 heterocycles. The first-order chi connectivity index (χ1) is 9.34. The summed E-state index contributed by atoms with van der Waals surface area (Å²) in [6.45, 7) is 3.10. The van der Waals surface area contributed by atoms with E-state index in [0.717, 1.165) is 32.0 Å². The van der Waals surface area contributed by atoms with E-state index < -0.39 is 0 Å². The molecule has 0 aromatic carbocycles. The Morgan fingerprint density at radius 3 is 2.63 bits per heavy atom. The first-order valence-corrected chi connectivity index (χ1v) is 8.98. The van der Waals surface area contributed by atoms with E-state index in [1.54, 1.807) is 0 Å². The monoisotopic (exact) mass is 284 g/mol. The molecular weight excluding hydrogens is 256 g/mol. The third kappa shape index (κ3) is 6.17. The zero-order chi connectivity index (χ0) is 13.3. The van der Waals surface area contributed by atoms with Crippen LogP contribution in [-0.4, -0.2) is 36.5 Å². The van der Waals surface area contributed by atoms with Gasteiger partial charge < -0.3 is 10.6 Å². The third-order valence-electron chi connectivity index (χ3n) is 4.32. The topological polar surface area (TPSA) is 41.1 Å². The van der Waals surface area contributed by atoms with E-state index in [-0.39, 0.29) is 5.91 Å². The average molecular weight is 284 g/mol. The number of carbonyl (C=O) groups is 1. The van der Waals surface area contributed by atoms with Crippen molar-refractivity contribution in [2.75, 3.05) is 25.4 Å². The van der Waals surface area contributed by atoms with Gasteiger partial charge in [-0.15, -0.1) is 11.8 Å². The molecule has 2 rings (SSSR count). The zero-order valence-electron chi connectivity index (χ0n) is 12.0. The van der Waals surface area contributed by atoms with E-state index >= 15 is 0 Å². The van der Waals surface area contributed by atoms with Crippen LogP contribution in [0.3, 0.4) is 0 Å². The zero-order valence-corrected chi connectivity index (χ0v) is 12.8. The highest BCUT2D eigenvalue weighted by atomic mass is 32.2. The van der Waals surface area contributed by atoms with Crippen LogP contribution in [0.5, 0.6) is 0 Å². The van der Waals surface area contributed by atoms with Crippen molar-refractivity contribution >= 4 is 17.7 Å². The lowest BCUT2D eigenvalue weighted by molar-refractivity contribution is -0.118. The van der Waals surface area contributed by atoms with Gasteiger partial charge in [-0.25, -0.2) is 0 Å². The van der Waals surface area contributed by atoms with E-state index in [1.807, 2.05) is 11.8 Å². The lowest BCUT2D eigenvalue weighted by atomic mass is 10.0. The van der Waals surface area contributed by atoms with Gasteiger partial charge >= 0.3 is 0 Å². The second kappa shape index (κ2) is 8.85. The van der Waals surface area contributed by atoms with Crippen molar-refractivity contribution in [1.29, 1.82) is 0 Å². The van der Waals surface area contributed by atoms with E-state index in [1.165, 1.54) is 44.9 Å². The molecule has 0 unspecified atom stereocenters. The molecule has 4 heteroatoms. The maximum atomic E-state index is 11.7. The Labute approximate surface area is 121 Å². The molecule has 1 aliphatic carbocycles. The van der Waals surface area contributed by atoms with Crippen molar-refractivity contribution in [3.8, 4) is 0 Å². The molecule has 1 amide bonds. The van der Waals surface area contributed by atoms with Crippen molar-refractivity contribution < 1.29 is 4.79 Å². The predicted octanol–water partition coefficient (Wildman–Crippen LogP) is 2.56. The molecule has 0 aromatic heterocycles. The van der Waals surface area contributed by atoms with Gasteiger partial charge in [-0.05, 0) is 44.7 Å². The summed E-state index contributed by atoms with van der Waals surface area (Å²) in [5.74, 6) is 1.82. The summed E-state index contributed by atoms with van der Waals surface area (Å²) in [6.07, 6.45) is 10.6. The van der Waals surface area contributed by atoms with Gasteiger partial charge in [0.1, 0.15) is 0 Å². The average Bonchev–Trinajstić information content (AvgIpc) is 2.96. The van der Waals surface area contributed by atoms with Crippen LogP contribution in [0.1, 0.15) is 51.4 Å². The van der Waals surface area contributed by atoms with E-state index in [2.05, 4.69) is 10.6 Å². The number of nitrogens with one attached hydrogen (secondary N) is 2. The van der Waals surface area contributed by atoms with Crippen LogP contribution in [-0.2, 0) is 4.79 Å². The van der Waals surface area contributed by atoms with Crippen molar-refractivity contribution in [1.82, 2.24) is 10.6 Å². The summed E-state index contributed by atoms with van der Waals surface area (Å²) in [4.78, 5) is 11.7. The van der Waals surface area contributed by atoms with Crippen LogP contribution in [0.4, 0.5) is 0 Å². The molecule has 19 heavy (non-hydrogen) atoms. The number of amides is 1. The highest BCUT2D eigenvalue weighted by Gasteiger charge is 2.16. The minimum atomic E-state index is 0.231. The number of hydrogen-bond acceptors (Lipinski definition) is 3. The molecule has 0 radical (unpaired) electrons. The summed E-state index contributed by atoms with van der Waals surface area (Å²) in [7, 11) is 0. The van der Waals surface area contributed by atoms with Gasteiger partial charge in [0.05, 0.1) is 5.75 Å². The Balaban J connectivity index is 1.45. The van der Waals surface area contributed by atoms with Gasteiger partial charge in [-0.3, -0.25) is 4.79 Å². The second-order valence-corrected chi connectivity index (χ2v) is 7.19. The minimum absolute atomic E-state index is 0.231. The molecule has 0 atom stereocenters. The Hall–Kier alpha value is -0.220. The van der Waals surface area contributed by atoms with E-state index in [0.29, 0.717) is 11.0 Å². The van der Waals surface area contributed by atoms with E-state index in [4.69, 9.17) is 0 Å².